The van der Waals surface area contributed by atoms with Gasteiger partial charge in [-0.2, -0.15) is 8.42 Å². The number of aryl methyl sites for hydroxylation is 1. The predicted octanol–water partition coefficient (Wildman–Crippen LogP) is 4.94. The van der Waals surface area contributed by atoms with E-state index in [1.54, 1.807) is 6.07 Å². The maximum absolute atomic E-state index is 11.5. The summed E-state index contributed by atoms with van der Waals surface area (Å²) in [4.78, 5) is -0.453. The van der Waals surface area contributed by atoms with E-state index in [2.05, 4.69) is 6.92 Å². The van der Waals surface area contributed by atoms with Crippen molar-refractivity contribution < 1.29 is 22.8 Å². The molecule has 0 saturated carbocycles. The van der Waals surface area contributed by atoms with E-state index in [0.29, 0.717) is 5.75 Å². The van der Waals surface area contributed by atoms with Crippen molar-refractivity contribution in [2.45, 2.75) is 50.3 Å². The second kappa shape index (κ2) is 8.87. The first-order valence-electron chi connectivity index (χ1n) is 8.48. The van der Waals surface area contributed by atoms with Gasteiger partial charge in [-0.25, -0.2) is 0 Å². The minimum atomic E-state index is -4.50. The number of para-hydroxylation sites is 1. The van der Waals surface area contributed by atoms with E-state index < -0.39 is 15.0 Å². The molecule has 0 heterocycles. The third-order valence-electron chi connectivity index (χ3n) is 3.95. The average molecular weight is 364 g/mol. The highest BCUT2D eigenvalue weighted by molar-refractivity contribution is 7.86. The van der Waals surface area contributed by atoms with Gasteiger partial charge in [-0.3, -0.25) is 4.55 Å². The topological polar surface area (TPSA) is 83.8 Å². The molecule has 2 N–H and O–H groups in total. The third-order valence-corrected chi connectivity index (χ3v) is 4.82. The zero-order chi connectivity index (χ0) is 18.3. The van der Waals surface area contributed by atoms with Crippen LogP contribution in [-0.2, 0) is 16.5 Å². The van der Waals surface area contributed by atoms with E-state index in [0.717, 1.165) is 30.9 Å². The molecule has 0 aliphatic heterocycles. The van der Waals surface area contributed by atoms with Crippen LogP contribution in [0.15, 0.2) is 47.4 Å². The molecule has 0 spiro atoms. The molecule has 0 bridgehead atoms. The normalized spacial score (nSPS) is 11.4. The summed E-state index contributed by atoms with van der Waals surface area (Å²) < 4.78 is 38.1. The third kappa shape index (κ3) is 5.76. The molecule has 6 heteroatoms. The van der Waals surface area contributed by atoms with Gasteiger partial charge >= 0.3 is 0 Å². The van der Waals surface area contributed by atoms with Crippen LogP contribution < -0.4 is 4.74 Å². The second-order valence-corrected chi connectivity index (χ2v) is 7.37. The van der Waals surface area contributed by atoms with Gasteiger partial charge in [-0.05, 0) is 36.6 Å². The number of ether oxygens (including phenoxy) is 1. The molecule has 0 aromatic heterocycles. The molecule has 5 nitrogen and oxygen atoms in total. The summed E-state index contributed by atoms with van der Waals surface area (Å²) in [5.41, 5.74) is 0.980. The van der Waals surface area contributed by atoms with Crippen molar-refractivity contribution in [2.75, 3.05) is 0 Å². The summed E-state index contributed by atoms with van der Waals surface area (Å²) in [5, 5.41) is 9.48. The van der Waals surface area contributed by atoms with E-state index in [1.807, 2.05) is 18.2 Å². The number of aromatic hydroxyl groups is 1. The van der Waals surface area contributed by atoms with Gasteiger partial charge in [0, 0.05) is 6.07 Å². The molecule has 0 saturated heterocycles. The molecular formula is C19H24O5S. The van der Waals surface area contributed by atoms with Gasteiger partial charge in [-0.1, -0.05) is 50.8 Å². The monoisotopic (exact) mass is 364 g/mol. The Morgan fingerprint density at radius 3 is 2.40 bits per heavy atom. The highest BCUT2D eigenvalue weighted by Gasteiger charge is 2.19. The fourth-order valence-corrected chi connectivity index (χ4v) is 3.26. The minimum absolute atomic E-state index is 0.0151. The van der Waals surface area contributed by atoms with Crippen LogP contribution in [0.1, 0.15) is 44.6 Å². The molecule has 25 heavy (non-hydrogen) atoms. The Bertz CT molecular complexity index is 799. The van der Waals surface area contributed by atoms with E-state index >= 15 is 0 Å². The minimum Gasteiger partial charge on any atom is -0.508 e. The lowest BCUT2D eigenvalue weighted by Gasteiger charge is -2.13. The zero-order valence-electron chi connectivity index (χ0n) is 14.3. The zero-order valence-corrected chi connectivity index (χ0v) is 15.1. The molecule has 0 fully saturated rings. The van der Waals surface area contributed by atoms with Crippen molar-refractivity contribution in [3.63, 3.8) is 0 Å². The Morgan fingerprint density at radius 1 is 0.960 bits per heavy atom. The van der Waals surface area contributed by atoms with Gasteiger partial charge in [-0.15, -0.1) is 0 Å². The van der Waals surface area contributed by atoms with Gasteiger partial charge in [0.25, 0.3) is 10.1 Å². The fourth-order valence-electron chi connectivity index (χ4n) is 2.63. The van der Waals surface area contributed by atoms with E-state index in [9.17, 15) is 18.1 Å². The second-order valence-electron chi connectivity index (χ2n) is 5.98. The van der Waals surface area contributed by atoms with E-state index in [-0.39, 0.29) is 11.5 Å². The smallest absolute Gasteiger partial charge is 0.298 e. The van der Waals surface area contributed by atoms with Crippen LogP contribution in [0.4, 0.5) is 0 Å². The Hall–Kier alpha value is -2.05. The van der Waals surface area contributed by atoms with Crippen LogP contribution in [0.2, 0.25) is 0 Å². The van der Waals surface area contributed by atoms with Gasteiger partial charge in [0.1, 0.15) is 22.1 Å². The summed E-state index contributed by atoms with van der Waals surface area (Å²) in [5.74, 6) is 0.275. The first kappa shape index (κ1) is 19.3. The lowest BCUT2D eigenvalue weighted by Crippen LogP contribution is -2.02. The summed E-state index contributed by atoms with van der Waals surface area (Å²) in [6.45, 7) is 2.17. The Morgan fingerprint density at radius 2 is 1.68 bits per heavy atom. The number of hydrogen-bond acceptors (Lipinski definition) is 4. The molecule has 0 aliphatic rings. The van der Waals surface area contributed by atoms with Crippen LogP contribution in [-0.4, -0.2) is 18.1 Å². The number of unbranched alkanes of at least 4 members (excludes halogenated alkanes) is 4. The maximum Gasteiger partial charge on any atom is 0.298 e. The van der Waals surface area contributed by atoms with Crippen LogP contribution in [0.5, 0.6) is 17.2 Å². The first-order valence-corrected chi connectivity index (χ1v) is 9.92. The number of benzene rings is 2. The molecule has 0 atom stereocenters. The standard InChI is InChI=1S/C19H24O5S/c1-2-3-4-5-6-9-15-10-7-8-11-17(15)24-18-13-12-16(20)14-19(18)25(21,22)23/h7-8,10-14,20H,2-6,9H2,1H3,(H,21,22,23). The highest BCUT2D eigenvalue weighted by atomic mass is 32.2. The van der Waals surface area contributed by atoms with Gasteiger partial charge < -0.3 is 9.84 Å². The first-order chi connectivity index (χ1) is 11.9. The number of phenolic OH excluding ortho intramolecular Hbond substituents is 1. The Kier molecular flexibility index (Phi) is 6.84. The molecule has 136 valence electrons. The number of phenols is 1. The highest BCUT2D eigenvalue weighted by Crippen LogP contribution is 2.33. The number of rotatable bonds is 9. The van der Waals surface area contributed by atoms with Crippen molar-refractivity contribution >= 4 is 10.1 Å². The molecule has 2 aromatic carbocycles. The van der Waals surface area contributed by atoms with Crippen molar-refractivity contribution in [3.8, 4) is 17.2 Å². The molecular weight excluding hydrogens is 340 g/mol. The van der Waals surface area contributed by atoms with Crippen molar-refractivity contribution in [3.05, 3.63) is 48.0 Å². The summed E-state index contributed by atoms with van der Waals surface area (Å²) in [6, 6.07) is 11.1. The van der Waals surface area contributed by atoms with Crippen molar-refractivity contribution in [1.82, 2.24) is 0 Å². The Labute approximate surface area is 149 Å². The maximum atomic E-state index is 11.5. The summed E-state index contributed by atoms with van der Waals surface area (Å²) >= 11 is 0. The molecule has 2 rings (SSSR count). The van der Waals surface area contributed by atoms with Gasteiger partial charge in [0.2, 0.25) is 0 Å². The van der Waals surface area contributed by atoms with Crippen LogP contribution in [0.3, 0.4) is 0 Å². The average Bonchev–Trinajstić information content (AvgIpc) is 2.57. The summed E-state index contributed by atoms with van der Waals surface area (Å²) in [7, 11) is -4.50. The van der Waals surface area contributed by atoms with Crippen LogP contribution >= 0.6 is 0 Å². The molecule has 2 aromatic rings. The Balaban J connectivity index is 2.18. The van der Waals surface area contributed by atoms with E-state index in [4.69, 9.17) is 4.74 Å². The number of hydrogen-bond donors (Lipinski definition) is 2. The van der Waals surface area contributed by atoms with Crippen molar-refractivity contribution in [2.24, 2.45) is 0 Å². The molecule has 0 unspecified atom stereocenters. The largest absolute Gasteiger partial charge is 0.508 e. The van der Waals surface area contributed by atoms with Crippen LogP contribution in [0, 0.1) is 0 Å². The molecule has 0 amide bonds. The quantitative estimate of drug-likeness (QED) is 0.486. The molecule has 0 radical (unpaired) electrons. The van der Waals surface area contributed by atoms with Crippen molar-refractivity contribution in [1.29, 1.82) is 0 Å². The van der Waals surface area contributed by atoms with Gasteiger partial charge in [0.15, 0.2) is 0 Å². The molecule has 0 aliphatic carbocycles. The SMILES string of the molecule is CCCCCCCc1ccccc1Oc1ccc(O)cc1S(=O)(=O)O. The lowest BCUT2D eigenvalue weighted by molar-refractivity contribution is 0.435. The lowest BCUT2D eigenvalue weighted by atomic mass is 10.0. The summed E-state index contributed by atoms with van der Waals surface area (Å²) in [6.07, 6.45) is 6.62. The van der Waals surface area contributed by atoms with Gasteiger partial charge in [0.05, 0.1) is 0 Å². The fraction of sp³-hybridized carbons (Fsp3) is 0.368. The predicted molar refractivity (Wildman–Crippen MR) is 96.9 cm³/mol. The van der Waals surface area contributed by atoms with Crippen LogP contribution in [0.25, 0.3) is 0 Å². The van der Waals surface area contributed by atoms with E-state index in [1.165, 1.54) is 31.4 Å².